The van der Waals surface area contributed by atoms with E-state index in [1.54, 1.807) is 30.3 Å². The first-order chi connectivity index (χ1) is 16.3. The Balaban J connectivity index is 1.47. The van der Waals surface area contributed by atoms with Gasteiger partial charge in [-0.3, -0.25) is 4.79 Å². The lowest BCUT2D eigenvalue weighted by molar-refractivity contribution is -0.115. The summed E-state index contributed by atoms with van der Waals surface area (Å²) in [5.41, 5.74) is 3.48. The van der Waals surface area contributed by atoms with Crippen LogP contribution in [0.25, 0.3) is 6.08 Å². The number of carboxylic acid groups (broad SMARTS) is 1. The van der Waals surface area contributed by atoms with Crippen molar-refractivity contribution in [2.45, 2.75) is 13.5 Å². The maximum Gasteiger partial charge on any atom is 0.335 e. The average Bonchev–Trinajstić information content (AvgIpc) is 3.13. The molecule has 3 aromatic rings. The van der Waals surface area contributed by atoms with Gasteiger partial charge in [0.05, 0.1) is 26.2 Å². The van der Waals surface area contributed by atoms with Gasteiger partial charge in [-0.15, -0.1) is 0 Å². The van der Waals surface area contributed by atoms with Crippen LogP contribution >= 0.6 is 35.0 Å². The first-order valence-corrected chi connectivity index (χ1v) is 11.7. The highest BCUT2D eigenvalue weighted by molar-refractivity contribution is 8.18. The van der Waals surface area contributed by atoms with Gasteiger partial charge in [0.2, 0.25) is 0 Å². The van der Waals surface area contributed by atoms with Crippen LogP contribution in [0.3, 0.4) is 0 Å². The summed E-state index contributed by atoms with van der Waals surface area (Å²) in [6.45, 7) is 2.16. The van der Waals surface area contributed by atoms with Crippen molar-refractivity contribution in [2.24, 2.45) is 4.99 Å². The first kappa shape index (κ1) is 23.9. The lowest BCUT2D eigenvalue weighted by Crippen LogP contribution is -2.19. The van der Waals surface area contributed by atoms with Gasteiger partial charge >= 0.3 is 5.97 Å². The van der Waals surface area contributed by atoms with Crippen LogP contribution in [0.1, 0.15) is 27.0 Å². The number of amidine groups is 1. The number of nitrogens with zero attached hydrogens (tertiary/aromatic N) is 1. The van der Waals surface area contributed by atoms with Crippen LogP contribution in [0.4, 0.5) is 5.69 Å². The summed E-state index contributed by atoms with van der Waals surface area (Å²) < 4.78 is 5.76. The molecule has 0 saturated carbocycles. The van der Waals surface area contributed by atoms with Crippen molar-refractivity contribution in [1.82, 2.24) is 5.32 Å². The van der Waals surface area contributed by atoms with Gasteiger partial charge in [0.1, 0.15) is 6.61 Å². The SMILES string of the molecule is Cc1ccc(N=C2NC(=O)/C(=C\c3cc(Cl)c(OCc4ccc(C(=O)O)cc4)c(Cl)c3)S2)cc1. The second-order valence-electron chi connectivity index (χ2n) is 7.42. The largest absolute Gasteiger partial charge is 0.486 e. The topological polar surface area (TPSA) is 88.0 Å². The van der Waals surface area contributed by atoms with Crippen molar-refractivity contribution in [3.63, 3.8) is 0 Å². The number of hydrogen-bond acceptors (Lipinski definition) is 5. The molecule has 0 spiro atoms. The smallest absolute Gasteiger partial charge is 0.335 e. The zero-order chi connectivity index (χ0) is 24.2. The van der Waals surface area contributed by atoms with Gasteiger partial charge in [-0.05, 0) is 72.3 Å². The molecule has 0 aliphatic carbocycles. The Morgan fingerprint density at radius 1 is 1.09 bits per heavy atom. The van der Waals surface area contributed by atoms with Gasteiger partial charge in [0.25, 0.3) is 5.91 Å². The monoisotopic (exact) mass is 512 g/mol. The number of amides is 1. The van der Waals surface area contributed by atoms with Crippen molar-refractivity contribution >= 4 is 63.8 Å². The standard InChI is InChI=1S/C25H18Cl2N2O4S/c1-14-2-8-18(9-3-14)28-25-29-23(30)21(34-25)12-16-10-19(26)22(20(27)11-16)33-13-15-4-6-17(7-5-15)24(31)32/h2-12H,13H2,1H3,(H,31,32)(H,28,29,30)/b21-12+. The van der Waals surface area contributed by atoms with E-state index in [0.29, 0.717) is 31.4 Å². The highest BCUT2D eigenvalue weighted by Gasteiger charge is 2.24. The van der Waals surface area contributed by atoms with Gasteiger partial charge < -0.3 is 15.2 Å². The third-order valence-electron chi connectivity index (χ3n) is 4.82. The molecule has 4 rings (SSSR count). The van der Waals surface area contributed by atoms with Crippen molar-refractivity contribution in [3.8, 4) is 5.75 Å². The molecule has 1 aliphatic rings. The van der Waals surface area contributed by atoms with Gasteiger partial charge in [-0.25, -0.2) is 9.79 Å². The Kier molecular flexibility index (Phi) is 7.26. The number of carbonyl (C=O) groups excluding carboxylic acids is 1. The number of ether oxygens (including phenoxy) is 1. The Bertz CT molecular complexity index is 1300. The number of aryl methyl sites for hydroxylation is 1. The Hall–Kier alpha value is -3.26. The number of hydrogen-bond donors (Lipinski definition) is 2. The molecule has 0 atom stereocenters. The van der Waals surface area contributed by atoms with Crippen LogP contribution in [-0.2, 0) is 11.4 Å². The van der Waals surface area contributed by atoms with Crippen LogP contribution in [0.2, 0.25) is 10.0 Å². The summed E-state index contributed by atoms with van der Waals surface area (Å²) in [6.07, 6.45) is 1.68. The third-order valence-corrected chi connectivity index (χ3v) is 6.29. The van der Waals surface area contributed by atoms with E-state index in [1.165, 1.54) is 23.9 Å². The predicted octanol–water partition coefficient (Wildman–Crippen LogP) is 6.47. The van der Waals surface area contributed by atoms with Gasteiger partial charge in [-0.2, -0.15) is 0 Å². The zero-order valence-electron chi connectivity index (χ0n) is 17.8. The van der Waals surface area contributed by atoms with E-state index < -0.39 is 5.97 Å². The maximum atomic E-state index is 12.4. The number of nitrogens with one attached hydrogen (secondary N) is 1. The van der Waals surface area contributed by atoms with E-state index in [4.69, 9.17) is 33.0 Å². The summed E-state index contributed by atoms with van der Waals surface area (Å²) in [6, 6.07) is 17.3. The number of aliphatic imine (C=N–C) groups is 1. The molecule has 9 heteroatoms. The van der Waals surface area contributed by atoms with E-state index in [1.807, 2.05) is 31.2 Å². The Morgan fingerprint density at radius 3 is 2.35 bits per heavy atom. The second kappa shape index (κ2) is 10.3. The molecule has 1 fully saturated rings. The molecule has 1 saturated heterocycles. The third kappa shape index (κ3) is 5.80. The lowest BCUT2D eigenvalue weighted by atomic mass is 10.1. The van der Waals surface area contributed by atoms with Gasteiger partial charge in [-0.1, -0.05) is 53.0 Å². The van der Waals surface area contributed by atoms with Crippen molar-refractivity contribution < 1.29 is 19.4 Å². The molecule has 0 bridgehead atoms. The highest BCUT2D eigenvalue weighted by Crippen LogP contribution is 2.37. The van der Waals surface area contributed by atoms with Crippen molar-refractivity contribution in [1.29, 1.82) is 0 Å². The predicted molar refractivity (Wildman–Crippen MR) is 136 cm³/mol. The van der Waals surface area contributed by atoms with Gasteiger partial charge in [0.15, 0.2) is 10.9 Å². The maximum absolute atomic E-state index is 12.4. The summed E-state index contributed by atoms with van der Waals surface area (Å²) in [5, 5.41) is 12.8. The van der Waals surface area contributed by atoms with Crippen LogP contribution in [0.15, 0.2) is 70.6 Å². The molecule has 6 nitrogen and oxygen atoms in total. The number of thioether (sulfide) groups is 1. The quantitative estimate of drug-likeness (QED) is 0.369. The minimum Gasteiger partial charge on any atom is -0.486 e. The van der Waals surface area contributed by atoms with Crippen LogP contribution in [-0.4, -0.2) is 22.2 Å². The van der Waals surface area contributed by atoms with Crippen molar-refractivity contribution in [2.75, 3.05) is 0 Å². The molecule has 0 aromatic heterocycles. The molecule has 1 aliphatic heterocycles. The molecule has 3 aromatic carbocycles. The Labute approximate surface area is 210 Å². The number of halogens is 2. The number of rotatable bonds is 6. The zero-order valence-corrected chi connectivity index (χ0v) is 20.2. The number of aromatic carboxylic acids is 1. The van der Waals surface area contributed by atoms with E-state index in [0.717, 1.165) is 16.8 Å². The number of benzene rings is 3. The highest BCUT2D eigenvalue weighted by atomic mass is 35.5. The molecule has 172 valence electrons. The van der Waals surface area contributed by atoms with Gasteiger partial charge in [0, 0.05) is 0 Å². The van der Waals surface area contributed by atoms with E-state index in [9.17, 15) is 9.59 Å². The van der Waals surface area contributed by atoms with Crippen LogP contribution < -0.4 is 10.1 Å². The summed E-state index contributed by atoms with van der Waals surface area (Å²) >= 11 is 14.0. The number of carboxylic acids is 1. The second-order valence-corrected chi connectivity index (χ2v) is 9.27. The molecule has 2 N–H and O–H groups in total. The Morgan fingerprint density at radius 2 is 1.74 bits per heavy atom. The molecular formula is C25H18Cl2N2O4S. The lowest BCUT2D eigenvalue weighted by Gasteiger charge is -2.11. The molecular weight excluding hydrogens is 495 g/mol. The van der Waals surface area contributed by atoms with Crippen molar-refractivity contribution in [3.05, 3.63) is 97.9 Å². The van der Waals surface area contributed by atoms with Crippen LogP contribution in [0.5, 0.6) is 5.75 Å². The summed E-state index contributed by atoms with van der Waals surface area (Å²) in [5.74, 6) is -0.947. The number of carbonyl (C=O) groups is 2. The molecule has 0 unspecified atom stereocenters. The molecule has 1 heterocycles. The fourth-order valence-electron chi connectivity index (χ4n) is 3.07. The average molecular weight is 513 g/mol. The van der Waals surface area contributed by atoms with E-state index in [2.05, 4.69) is 10.3 Å². The molecule has 34 heavy (non-hydrogen) atoms. The van der Waals surface area contributed by atoms with Crippen LogP contribution in [0, 0.1) is 6.92 Å². The molecule has 0 radical (unpaired) electrons. The summed E-state index contributed by atoms with van der Waals surface area (Å²) in [7, 11) is 0. The first-order valence-electron chi connectivity index (χ1n) is 10.1. The fraction of sp³-hybridized carbons (Fsp3) is 0.0800. The summed E-state index contributed by atoms with van der Waals surface area (Å²) in [4.78, 5) is 28.3. The van der Waals surface area contributed by atoms with E-state index in [-0.39, 0.29) is 18.1 Å². The fourth-order valence-corrected chi connectivity index (χ4v) is 4.52. The normalized spacial score (nSPS) is 15.6. The van der Waals surface area contributed by atoms with E-state index >= 15 is 0 Å². The minimum absolute atomic E-state index is 0.164. The molecule has 1 amide bonds. The minimum atomic E-state index is -0.995.